The molecule has 102 valence electrons. The maximum atomic E-state index is 11.0. The van der Waals surface area contributed by atoms with Gasteiger partial charge in [0.25, 0.3) is 0 Å². The minimum Gasteiger partial charge on any atom is -0.426 e. The van der Waals surface area contributed by atoms with Gasteiger partial charge in [-0.25, -0.2) is 0 Å². The van der Waals surface area contributed by atoms with Crippen LogP contribution in [0.25, 0.3) is 6.08 Å². The van der Waals surface area contributed by atoms with E-state index in [2.05, 4.69) is 31.2 Å². The van der Waals surface area contributed by atoms with Gasteiger partial charge in [-0.2, -0.15) is 0 Å². The van der Waals surface area contributed by atoms with Gasteiger partial charge in [0.15, 0.2) is 0 Å². The number of carbonyl (C=O) groups is 1. The van der Waals surface area contributed by atoms with Gasteiger partial charge in [0, 0.05) is 6.92 Å². The Morgan fingerprint density at radius 1 is 1.10 bits per heavy atom. The molecule has 0 radical (unpaired) electrons. The predicted octanol–water partition coefficient (Wildman–Crippen LogP) is 4.68. The van der Waals surface area contributed by atoms with Gasteiger partial charge in [0.1, 0.15) is 5.75 Å². The normalized spacial score (nSPS) is 10.7. The Balaban J connectivity index is 2.07. The van der Waals surface area contributed by atoms with Crippen LogP contribution in [0.4, 0.5) is 0 Å². The van der Waals surface area contributed by atoms with Crippen molar-refractivity contribution in [1.29, 1.82) is 0 Å². The lowest BCUT2D eigenvalue weighted by Crippen LogP contribution is -2.01. The third kappa shape index (κ3) is 4.28. The molecule has 2 aromatic rings. The third-order valence-corrected chi connectivity index (χ3v) is 3.50. The first-order valence-corrected chi connectivity index (χ1v) is 7.20. The summed E-state index contributed by atoms with van der Waals surface area (Å²) in [5.74, 6) is 0.291. The second kappa shape index (κ2) is 6.96. The van der Waals surface area contributed by atoms with Crippen LogP contribution in [0.2, 0.25) is 0 Å². The van der Waals surface area contributed by atoms with Crippen LogP contribution in [0.5, 0.6) is 5.75 Å². The zero-order chi connectivity index (χ0) is 14.4. The van der Waals surface area contributed by atoms with E-state index in [4.69, 9.17) is 4.74 Å². The van der Waals surface area contributed by atoms with Gasteiger partial charge in [0.2, 0.25) is 0 Å². The number of carbonyl (C=O) groups excluding carboxylic acids is 1. The summed E-state index contributed by atoms with van der Waals surface area (Å²) in [6, 6.07) is 15.8. The average molecular weight is 284 g/mol. The van der Waals surface area contributed by atoms with Crippen LogP contribution in [0.3, 0.4) is 0 Å². The molecule has 0 bridgehead atoms. The molecule has 0 aliphatic rings. The van der Waals surface area contributed by atoms with Gasteiger partial charge in [-0.15, -0.1) is 0 Å². The Kier molecular flexibility index (Phi) is 5.02. The number of ether oxygens (including phenoxy) is 1. The fourth-order valence-corrected chi connectivity index (χ4v) is 2.40. The first-order chi connectivity index (χ1) is 9.65. The molecule has 2 nitrogen and oxygen atoms in total. The van der Waals surface area contributed by atoms with E-state index < -0.39 is 0 Å². The molecule has 0 atom stereocenters. The van der Waals surface area contributed by atoms with E-state index in [9.17, 15) is 4.79 Å². The molecule has 0 amide bonds. The second-order valence-electron chi connectivity index (χ2n) is 4.37. The van der Waals surface area contributed by atoms with Crippen LogP contribution in [-0.2, 0) is 4.79 Å². The molecule has 0 aliphatic carbocycles. The van der Waals surface area contributed by atoms with E-state index in [0.717, 1.165) is 10.5 Å². The first-order valence-electron chi connectivity index (χ1n) is 6.32. The van der Waals surface area contributed by atoms with E-state index in [0.29, 0.717) is 5.75 Å². The summed E-state index contributed by atoms with van der Waals surface area (Å²) in [4.78, 5) is 12.0. The molecule has 20 heavy (non-hydrogen) atoms. The minimum absolute atomic E-state index is 0.305. The molecule has 2 rings (SSSR count). The number of benzene rings is 2. The lowest BCUT2D eigenvalue weighted by atomic mass is 10.2. The van der Waals surface area contributed by atoms with Crippen molar-refractivity contribution in [3.05, 3.63) is 65.1 Å². The summed E-state index contributed by atoms with van der Waals surface area (Å²) < 4.78 is 5.17. The van der Waals surface area contributed by atoms with Gasteiger partial charge in [0.05, 0.1) is 4.90 Å². The van der Waals surface area contributed by atoms with Gasteiger partial charge in [-0.3, -0.25) is 4.79 Å². The summed E-state index contributed by atoms with van der Waals surface area (Å²) >= 11 is 1.53. The molecule has 0 aliphatic heterocycles. The van der Waals surface area contributed by atoms with Gasteiger partial charge >= 0.3 is 5.97 Å². The van der Waals surface area contributed by atoms with Crippen LogP contribution < -0.4 is 4.74 Å². The van der Waals surface area contributed by atoms with Crippen molar-refractivity contribution >= 4 is 23.8 Å². The summed E-state index contributed by atoms with van der Waals surface area (Å²) in [5, 5.41) is 1.99. The zero-order valence-corrected chi connectivity index (χ0v) is 12.3. The number of esters is 1. The number of hydrogen-bond donors (Lipinski definition) is 0. The molecule has 2 aromatic carbocycles. The molecule has 0 aromatic heterocycles. The Bertz CT molecular complexity index is 615. The topological polar surface area (TPSA) is 26.3 Å². The highest BCUT2D eigenvalue weighted by molar-refractivity contribution is 8.02. The smallest absolute Gasteiger partial charge is 0.308 e. The van der Waals surface area contributed by atoms with Crippen LogP contribution in [-0.4, -0.2) is 5.97 Å². The van der Waals surface area contributed by atoms with Crippen molar-refractivity contribution in [2.24, 2.45) is 0 Å². The van der Waals surface area contributed by atoms with Crippen molar-refractivity contribution in [2.45, 2.75) is 18.7 Å². The molecule has 0 spiro atoms. The number of thioether (sulfide) groups is 1. The van der Waals surface area contributed by atoms with E-state index in [1.54, 1.807) is 6.07 Å². The third-order valence-electron chi connectivity index (χ3n) is 2.64. The number of rotatable bonds is 4. The summed E-state index contributed by atoms with van der Waals surface area (Å²) in [7, 11) is 0. The van der Waals surface area contributed by atoms with E-state index >= 15 is 0 Å². The lowest BCUT2D eigenvalue weighted by molar-refractivity contribution is -0.132. The standard InChI is InChI=1S/C17H16O2S/c1-13-7-9-15(10-8-13)11-12-20-17-6-4-3-5-16(17)19-14(2)18/h3-12H,1-2H3. The fraction of sp³-hybridized carbons (Fsp3) is 0.118. The maximum Gasteiger partial charge on any atom is 0.308 e. The Morgan fingerprint density at radius 3 is 2.50 bits per heavy atom. The molecule has 0 N–H and O–H groups in total. The maximum absolute atomic E-state index is 11.0. The minimum atomic E-state index is -0.305. The van der Waals surface area contributed by atoms with Crippen LogP contribution >= 0.6 is 11.8 Å². The summed E-state index contributed by atoms with van der Waals surface area (Å²) in [6.07, 6.45) is 2.04. The van der Waals surface area contributed by atoms with E-state index in [1.807, 2.05) is 29.7 Å². The quantitative estimate of drug-likeness (QED) is 0.463. The SMILES string of the molecule is CC(=O)Oc1ccccc1SC=Cc1ccc(C)cc1. The Hall–Kier alpha value is -2.00. The van der Waals surface area contributed by atoms with Crippen LogP contribution in [0.1, 0.15) is 18.1 Å². The first kappa shape index (κ1) is 14.4. The molecular weight excluding hydrogens is 268 g/mol. The monoisotopic (exact) mass is 284 g/mol. The van der Waals surface area contributed by atoms with E-state index in [-0.39, 0.29) is 5.97 Å². The van der Waals surface area contributed by atoms with Crippen molar-refractivity contribution in [1.82, 2.24) is 0 Å². The van der Waals surface area contributed by atoms with Gasteiger partial charge < -0.3 is 4.74 Å². The fourth-order valence-electron chi connectivity index (χ4n) is 1.65. The molecule has 0 saturated heterocycles. The van der Waals surface area contributed by atoms with E-state index in [1.165, 1.54) is 24.2 Å². The summed E-state index contributed by atoms with van der Waals surface area (Å²) in [6.45, 7) is 3.47. The highest BCUT2D eigenvalue weighted by Crippen LogP contribution is 2.30. The van der Waals surface area contributed by atoms with Crippen molar-refractivity contribution in [2.75, 3.05) is 0 Å². The molecule has 0 unspecified atom stereocenters. The predicted molar refractivity (Wildman–Crippen MR) is 83.8 cm³/mol. The number of hydrogen-bond acceptors (Lipinski definition) is 3. The highest BCUT2D eigenvalue weighted by atomic mass is 32.2. The Morgan fingerprint density at radius 2 is 1.80 bits per heavy atom. The summed E-state index contributed by atoms with van der Waals surface area (Å²) in [5.41, 5.74) is 2.39. The molecule has 0 saturated carbocycles. The molecule has 0 heterocycles. The molecular formula is C17H16O2S. The Labute approximate surface area is 123 Å². The zero-order valence-electron chi connectivity index (χ0n) is 11.5. The van der Waals surface area contributed by atoms with Crippen molar-refractivity contribution in [3.8, 4) is 5.75 Å². The van der Waals surface area contributed by atoms with Crippen LogP contribution in [0, 0.1) is 6.92 Å². The highest BCUT2D eigenvalue weighted by Gasteiger charge is 2.04. The molecule has 3 heteroatoms. The largest absolute Gasteiger partial charge is 0.426 e. The lowest BCUT2D eigenvalue weighted by Gasteiger charge is -2.05. The van der Waals surface area contributed by atoms with Crippen LogP contribution in [0.15, 0.2) is 58.8 Å². The van der Waals surface area contributed by atoms with Crippen molar-refractivity contribution in [3.63, 3.8) is 0 Å². The van der Waals surface area contributed by atoms with Gasteiger partial charge in [-0.05, 0) is 36.1 Å². The van der Waals surface area contributed by atoms with Crippen molar-refractivity contribution < 1.29 is 9.53 Å². The number of aryl methyl sites for hydroxylation is 1. The van der Waals surface area contributed by atoms with Gasteiger partial charge in [-0.1, -0.05) is 53.7 Å². The second-order valence-corrected chi connectivity index (χ2v) is 5.32. The number of para-hydroxylation sites is 1. The molecule has 0 fully saturated rings. The average Bonchev–Trinajstić information content (AvgIpc) is 2.42.